The molecule has 1 aromatic heterocycles. The van der Waals surface area contributed by atoms with Gasteiger partial charge < -0.3 is 0 Å². The number of thiophene rings is 1. The monoisotopic (exact) mass is 304 g/mol. The van der Waals surface area contributed by atoms with Crippen LogP contribution < -0.4 is 5.32 Å². The maximum Gasteiger partial charge on any atom is 0.331 e. The Morgan fingerprint density at radius 1 is 1.29 bits per heavy atom. The van der Waals surface area contributed by atoms with E-state index in [1.807, 2.05) is 18.4 Å². The van der Waals surface area contributed by atoms with Gasteiger partial charge in [0.05, 0.1) is 0 Å². The first kappa shape index (κ1) is 14.0. The Bertz CT molecular complexity index is 641. The number of rotatable bonds is 2. The van der Waals surface area contributed by atoms with Crippen LogP contribution in [0.3, 0.4) is 0 Å². The third kappa shape index (κ3) is 2.51. The molecule has 1 saturated carbocycles. The molecule has 3 rings (SSSR count). The summed E-state index contributed by atoms with van der Waals surface area (Å²) in [7, 11) is 0. The van der Waals surface area contributed by atoms with Crippen LogP contribution in [0.15, 0.2) is 17.0 Å². The van der Waals surface area contributed by atoms with Crippen molar-refractivity contribution in [1.29, 1.82) is 0 Å². The smallest absolute Gasteiger partial charge is 0.273 e. The highest BCUT2D eigenvalue weighted by molar-refractivity contribution is 7.11. The molecule has 1 N–H and O–H groups in total. The average molecular weight is 304 g/mol. The van der Waals surface area contributed by atoms with E-state index in [2.05, 4.69) is 5.32 Å². The predicted molar refractivity (Wildman–Crippen MR) is 79.7 cm³/mol. The van der Waals surface area contributed by atoms with Crippen molar-refractivity contribution in [1.82, 2.24) is 10.2 Å². The summed E-state index contributed by atoms with van der Waals surface area (Å²) < 4.78 is 0. The van der Waals surface area contributed by atoms with Crippen molar-refractivity contribution in [3.8, 4) is 0 Å². The molecule has 0 radical (unpaired) electrons. The zero-order valence-corrected chi connectivity index (χ0v) is 12.5. The summed E-state index contributed by atoms with van der Waals surface area (Å²) >= 11 is 1.47. The van der Waals surface area contributed by atoms with Crippen molar-refractivity contribution in [2.24, 2.45) is 0 Å². The number of imide groups is 2. The van der Waals surface area contributed by atoms with Crippen molar-refractivity contribution in [2.75, 3.05) is 0 Å². The maximum atomic E-state index is 12.6. The molecule has 6 heteroatoms. The van der Waals surface area contributed by atoms with Gasteiger partial charge in [-0.25, -0.2) is 4.79 Å². The van der Waals surface area contributed by atoms with Crippen LogP contribution in [0, 0.1) is 6.92 Å². The molecular formula is C15H16N2O3S. The van der Waals surface area contributed by atoms with Crippen molar-refractivity contribution in [3.63, 3.8) is 0 Å². The van der Waals surface area contributed by atoms with Gasteiger partial charge >= 0.3 is 6.03 Å². The Kier molecular flexibility index (Phi) is 3.63. The molecule has 0 aromatic carbocycles. The quantitative estimate of drug-likeness (QED) is 0.674. The van der Waals surface area contributed by atoms with Crippen LogP contribution >= 0.6 is 11.3 Å². The van der Waals surface area contributed by atoms with Gasteiger partial charge in [0.2, 0.25) is 0 Å². The molecule has 0 atom stereocenters. The maximum absolute atomic E-state index is 12.6. The van der Waals surface area contributed by atoms with E-state index < -0.39 is 17.8 Å². The van der Waals surface area contributed by atoms with E-state index in [4.69, 9.17) is 0 Å². The SMILES string of the molecule is Cc1ccsc1/C=C1\C(=O)NC(=O)N(C2CCCC2)C1=O. The lowest BCUT2D eigenvalue weighted by atomic mass is 10.1. The minimum Gasteiger partial charge on any atom is -0.273 e. The number of hydrogen-bond donors (Lipinski definition) is 1. The highest BCUT2D eigenvalue weighted by Gasteiger charge is 2.40. The molecule has 2 fully saturated rings. The van der Waals surface area contributed by atoms with Crippen LogP contribution in [0.25, 0.3) is 6.08 Å². The number of carbonyl (C=O) groups is 3. The van der Waals surface area contributed by atoms with Crippen LogP contribution in [0.4, 0.5) is 4.79 Å². The molecule has 1 aliphatic carbocycles. The minimum absolute atomic E-state index is 0.0482. The van der Waals surface area contributed by atoms with Gasteiger partial charge in [-0.05, 0) is 42.9 Å². The van der Waals surface area contributed by atoms with Gasteiger partial charge in [0.25, 0.3) is 11.8 Å². The topological polar surface area (TPSA) is 66.5 Å². The Morgan fingerprint density at radius 2 is 2.00 bits per heavy atom. The van der Waals surface area contributed by atoms with E-state index in [1.165, 1.54) is 16.2 Å². The zero-order valence-electron chi connectivity index (χ0n) is 11.7. The molecular weight excluding hydrogens is 288 g/mol. The van der Waals surface area contributed by atoms with E-state index in [0.717, 1.165) is 36.1 Å². The summed E-state index contributed by atoms with van der Waals surface area (Å²) in [5, 5.41) is 4.19. The van der Waals surface area contributed by atoms with E-state index in [1.54, 1.807) is 6.08 Å². The molecule has 2 heterocycles. The fraction of sp³-hybridized carbons (Fsp3) is 0.400. The molecule has 5 nitrogen and oxygen atoms in total. The Morgan fingerprint density at radius 3 is 2.62 bits per heavy atom. The van der Waals surface area contributed by atoms with Crippen LogP contribution in [0.2, 0.25) is 0 Å². The molecule has 2 aliphatic rings. The number of carbonyl (C=O) groups excluding carboxylic acids is 3. The fourth-order valence-electron chi connectivity index (χ4n) is 2.83. The number of amides is 4. The van der Waals surface area contributed by atoms with Crippen molar-refractivity contribution < 1.29 is 14.4 Å². The number of hydrogen-bond acceptors (Lipinski definition) is 4. The fourth-order valence-corrected chi connectivity index (χ4v) is 3.69. The zero-order chi connectivity index (χ0) is 15.0. The highest BCUT2D eigenvalue weighted by atomic mass is 32.1. The number of barbiturate groups is 1. The van der Waals surface area contributed by atoms with Crippen LogP contribution in [0.5, 0.6) is 0 Å². The normalized spacial score (nSPS) is 22.2. The number of nitrogens with zero attached hydrogens (tertiary/aromatic N) is 1. The predicted octanol–water partition coefficient (Wildman–Crippen LogP) is 2.46. The van der Waals surface area contributed by atoms with Gasteiger partial charge in [0, 0.05) is 10.9 Å². The minimum atomic E-state index is -0.605. The summed E-state index contributed by atoms with van der Waals surface area (Å²) in [4.78, 5) is 38.6. The van der Waals surface area contributed by atoms with Crippen LogP contribution in [0.1, 0.15) is 36.1 Å². The molecule has 4 amide bonds. The molecule has 0 unspecified atom stereocenters. The van der Waals surface area contributed by atoms with Gasteiger partial charge in [0.1, 0.15) is 5.57 Å². The molecule has 0 spiro atoms. The Balaban J connectivity index is 1.94. The molecule has 1 aliphatic heterocycles. The van der Waals surface area contributed by atoms with Gasteiger partial charge in [-0.1, -0.05) is 12.8 Å². The largest absolute Gasteiger partial charge is 0.331 e. The summed E-state index contributed by atoms with van der Waals surface area (Å²) in [6.07, 6.45) is 5.25. The lowest BCUT2D eigenvalue weighted by Crippen LogP contribution is -2.57. The third-order valence-corrected chi connectivity index (χ3v) is 4.97. The third-order valence-electron chi connectivity index (χ3n) is 4.00. The van der Waals surface area contributed by atoms with Crippen molar-refractivity contribution in [2.45, 2.75) is 38.6 Å². The lowest BCUT2D eigenvalue weighted by molar-refractivity contribution is -0.131. The van der Waals surface area contributed by atoms with Crippen LogP contribution in [-0.2, 0) is 9.59 Å². The average Bonchev–Trinajstić information content (AvgIpc) is 3.07. The molecule has 1 saturated heterocycles. The van der Waals surface area contributed by atoms with Gasteiger partial charge in [-0.3, -0.25) is 19.8 Å². The van der Waals surface area contributed by atoms with Gasteiger partial charge in [-0.15, -0.1) is 11.3 Å². The van der Waals surface area contributed by atoms with E-state index in [9.17, 15) is 14.4 Å². The second-order valence-electron chi connectivity index (χ2n) is 5.40. The molecule has 0 bridgehead atoms. The van der Waals surface area contributed by atoms with E-state index in [-0.39, 0.29) is 11.6 Å². The molecule has 21 heavy (non-hydrogen) atoms. The Hall–Kier alpha value is -1.95. The Labute approximate surface area is 126 Å². The first-order valence-corrected chi connectivity index (χ1v) is 7.90. The number of nitrogens with one attached hydrogen (secondary N) is 1. The van der Waals surface area contributed by atoms with Crippen molar-refractivity contribution in [3.05, 3.63) is 27.5 Å². The first-order valence-electron chi connectivity index (χ1n) is 7.02. The summed E-state index contributed by atoms with van der Waals surface area (Å²) in [5.74, 6) is -1.07. The van der Waals surface area contributed by atoms with Crippen molar-refractivity contribution >= 4 is 35.3 Å². The molecule has 1 aromatic rings. The summed E-state index contributed by atoms with van der Waals surface area (Å²) in [6, 6.07) is 1.26. The van der Waals surface area contributed by atoms with Crippen LogP contribution in [-0.4, -0.2) is 28.8 Å². The number of aryl methyl sites for hydroxylation is 1. The second-order valence-corrected chi connectivity index (χ2v) is 6.35. The van der Waals surface area contributed by atoms with E-state index >= 15 is 0 Å². The number of urea groups is 1. The van der Waals surface area contributed by atoms with Gasteiger partial charge in [-0.2, -0.15) is 0 Å². The molecule has 110 valence electrons. The lowest BCUT2D eigenvalue weighted by Gasteiger charge is -2.31. The summed E-state index contributed by atoms with van der Waals surface area (Å²) in [5.41, 5.74) is 1.06. The van der Waals surface area contributed by atoms with Gasteiger partial charge in [0.15, 0.2) is 0 Å². The first-order chi connectivity index (χ1) is 10.1. The highest BCUT2D eigenvalue weighted by Crippen LogP contribution is 2.28. The standard InChI is InChI=1S/C15H16N2O3S/c1-9-6-7-21-12(9)8-11-13(18)16-15(20)17(14(11)19)10-4-2-3-5-10/h6-8,10H,2-5H2,1H3,(H,16,18,20)/b11-8+. The van der Waals surface area contributed by atoms with E-state index in [0.29, 0.717) is 0 Å². The second kappa shape index (κ2) is 5.44. The summed E-state index contributed by atoms with van der Waals surface area (Å²) in [6.45, 7) is 1.92.